The predicted molar refractivity (Wildman–Crippen MR) is 46.1 cm³/mol. The fourth-order valence-electron chi connectivity index (χ4n) is 0.739. The fraction of sp³-hybridized carbons (Fsp3) is 0.375. The van der Waals surface area contributed by atoms with Gasteiger partial charge in [-0.2, -0.15) is 5.26 Å². The van der Waals surface area contributed by atoms with Crippen LogP contribution < -0.4 is 0 Å². The average molecular weight is 180 g/mol. The monoisotopic (exact) mass is 180 g/mol. The Morgan fingerprint density at radius 1 is 1.67 bits per heavy atom. The van der Waals surface area contributed by atoms with Crippen LogP contribution >= 0.6 is 11.3 Å². The van der Waals surface area contributed by atoms with Gasteiger partial charge in [-0.05, 0) is 13.8 Å². The average Bonchev–Trinajstić information content (AvgIpc) is 2.33. The van der Waals surface area contributed by atoms with Gasteiger partial charge in [0.15, 0.2) is 5.01 Å². The van der Waals surface area contributed by atoms with Crippen molar-refractivity contribution in [2.45, 2.75) is 20.3 Å². The molecule has 0 radical (unpaired) electrons. The number of Topliss-reactive ketones (excluding diaryl/α,β-unsaturated/α-hetero) is 1. The zero-order chi connectivity index (χ0) is 9.14. The van der Waals surface area contributed by atoms with Crippen LogP contribution in [-0.4, -0.2) is 10.8 Å². The summed E-state index contributed by atoms with van der Waals surface area (Å²) >= 11 is 1.35. The van der Waals surface area contributed by atoms with E-state index in [0.717, 1.165) is 10.6 Å². The third-order valence-corrected chi connectivity index (χ3v) is 2.62. The summed E-state index contributed by atoms with van der Waals surface area (Å²) in [5.74, 6) is -0.182. The summed E-state index contributed by atoms with van der Waals surface area (Å²) in [6.45, 7) is 3.77. The molecule has 0 bridgehead atoms. The van der Waals surface area contributed by atoms with Gasteiger partial charge >= 0.3 is 0 Å². The lowest BCUT2D eigenvalue weighted by Crippen LogP contribution is -1.95. The maximum Gasteiger partial charge on any atom is 0.205 e. The first kappa shape index (κ1) is 8.88. The molecule has 0 saturated carbocycles. The number of thiazole rings is 1. The molecule has 1 rings (SSSR count). The number of carbonyl (C=O) groups excluding carboxylic acids is 1. The maximum atomic E-state index is 11.1. The SMILES string of the molecule is Cc1nc(C(=O)CC#N)sc1C. The molecule has 4 heteroatoms. The van der Waals surface area contributed by atoms with E-state index in [9.17, 15) is 4.79 Å². The summed E-state index contributed by atoms with van der Waals surface area (Å²) in [5.41, 5.74) is 0.876. The second-order valence-electron chi connectivity index (χ2n) is 2.42. The molecule has 0 aliphatic heterocycles. The van der Waals surface area contributed by atoms with Crippen molar-refractivity contribution < 1.29 is 4.79 Å². The van der Waals surface area contributed by atoms with Crippen molar-refractivity contribution in [2.75, 3.05) is 0 Å². The summed E-state index contributed by atoms with van der Waals surface area (Å²) in [7, 11) is 0. The van der Waals surface area contributed by atoms with Crippen molar-refractivity contribution in [3.63, 3.8) is 0 Å². The number of nitriles is 1. The van der Waals surface area contributed by atoms with Gasteiger partial charge in [-0.25, -0.2) is 4.98 Å². The van der Waals surface area contributed by atoms with Gasteiger partial charge in [-0.3, -0.25) is 4.79 Å². The van der Waals surface area contributed by atoms with E-state index >= 15 is 0 Å². The summed E-state index contributed by atoms with van der Waals surface area (Å²) in [6.07, 6.45) is -0.0770. The molecule has 0 aromatic carbocycles. The zero-order valence-corrected chi connectivity index (χ0v) is 7.73. The third kappa shape index (κ3) is 1.69. The van der Waals surface area contributed by atoms with Crippen molar-refractivity contribution in [2.24, 2.45) is 0 Å². The van der Waals surface area contributed by atoms with E-state index in [1.165, 1.54) is 11.3 Å². The number of hydrogen-bond acceptors (Lipinski definition) is 4. The van der Waals surface area contributed by atoms with Gasteiger partial charge in [0.1, 0.15) is 6.42 Å². The first-order valence-corrected chi connectivity index (χ1v) is 4.31. The molecule has 0 spiro atoms. The van der Waals surface area contributed by atoms with E-state index in [4.69, 9.17) is 5.26 Å². The van der Waals surface area contributed by atoms with Crippen LogP contribution in [0.5, 0.6) is 0 Å². The van der Waals surface area contributed by atoms with Crippen LogP contribution in [0.1, 0.15) is 26.8 Å². The third-order valence-electron chi connectivity index (χ3n) is 1.51. The van der Waals surface area contributed by atoms with Crippen LogP contribution in [-0.2, 0) is 0 Å². The van der Waals surface area contributed by atoms with Crippen LogP contribution in [0.3, 0.4) is 0 Å². The normalized spacial score (nSPS) is 9.42. The van der Waals surface area contributed by atoms with Crippen LogP contribution in [0, 0.1) is 25.2 Å². The highest BCUT2D eigenvalue weighted by atomic mass is 32.1. The van der Waals surface area contributed by atoms with E-state index in [1.807, 2.05) is 19.9 Å². The minimum atomic E-state index is -0.182. The van der Waals surface area contributed by atoms with Gasteiger partial charge in [-0.1, -0.05) is 0 Å². The largest absolute Gasteiger partial charge is 0.290 e. The summed E-state index contributed by atoms with van der Waals surface area (Å²) < 4.78 is 0. The van der Waals surface area contributed by atoms with Crippen molar-refractivity contribution in [3.8, 4) is 6.07 Å². The molecule has 0 fully saturated rings. The Kier molecular flexibility index (Phi) is 2.56. The Labute approximate surface area is 74.7 Å². The Hall–Kier alpha value is -1.21. The standard InChI is InChI=1S/C8H8N2OS/c1-5-6(2)12-8(10-5)7(11)3-4-9/h3H2,1-2H3. The van der Waals surface area contributed by atoms with Gasteiger partial charge in [0, 0.05) is 4.88 Å². The van der Waals surface area contributed by atoms with E-state index in [2.05, 4.69) is 4.98 Å². The number of hydrogen-bond donors (Lipinski definition) is 0. The molecule has 0 amide bonds. The Morgan fingerprint density at radius 2 is 2.33 bits per heavy atom. The minimum Gasteiger partial charge on any atom is -0.290 e. The second kappa shape index (κ2) is 3.46. The fourth-order valence-corrected chi connectivity index (χ4v) is 1.59. The molecule has 0 atom stereocenters. The maximum absolute atomic E-state index is 11.1. The number of nitrogens with zero attached hydrogens (tertiary/aromatic N) is 2. The van der Waals surface area contributed by atoms with Gasteiger partial charge in [-0.15, -0.1) is 11.3 Å². The molecule has 3 nitrogen and oxygen atoms in total. The minimum absolute atomic E-state index is 0.0770. The molecule has 0 saturated heterocycles. The molecule has 0 aliphatic rings. The number of aryl methyl sites for hydroxylation is 2. The Morgan fingerprint density at radius 3 is 2.75 bits per heavy atom. The van der Waals surface area contributed by atoms with Gasteiger partial charge in [0.2, 0.25) is 5.78 Å². The van der Waals surface area contributed by atoms with Gasteiger partial charge in [0.25, 0.3) is 0 Å². The second-order valence-corrected chi connectivity index (χ2v) is 3.62. The summed E-state index contributed by atoms with van der Waals surface area (Å²) in [4.78, 5) is 16.2. The number of aromatic nitrogens is 1. The van der Waals surface area contributed by atoms with E-state index in [1.54, 1.807) is 0 Å². The lowest BCUT2D eigenvalue weighted by atomic mass is 10.3. The summed E-state index contributed by atoms with van der Waals surface area (Å²) in [5, 5.41) is 8.73. The first-order chi connectivity index (χ1) is 5.65. The highest BCUT2D eigenvalue weighted by Gasteiger charge is 2.11. The molecule has 0 unspecified atom stereocenters. The first-order valence-electron chi connectivity index (χ1n) is 3.49. The molecule has 0 N–H and O–H groups in total. The van der Waals surface area contributed by atoms with E-state index in [-0.39, 0.29) is 12.2 Å². The smallest absolute Gasteiger partial charge is 0.205 e. The van der Waals surface area contributed by atoms with Gasteiger partial charge < -0.3 is 0 Å². The number of rotatable bonds is 2. The molecule has 0 aliphatic carbocycles. The Bertz CT molecular complexity index is 329. The molecule has 1 heterocycles. The highest BCUT2D eigenvalue weighted by Crippen LogP contribution is 2.17. The van der Waals surface area contributed by atoms with Crippen LogP contribution in [0.15, 0.2) is 0 Å². The predicted octanol–water partition coefficient (Wildman–Crippen LogP) is 1.86. The molecule has 1 aromatic heterocycles. The highest BCUT2D eigenvalue weighted by molar-refractivity contribution is 7.13. The lowest BCUT2D eigenvalue weighted by Gasteiger charge is -1.84. The number of carbonyl (C=O) groups is 1. The van der Waals surface area contributed by atoms with E-state index < -0.39 is 0 Å². The van der Waals surface area contributed by atoms with Crippen molar-refractivity contribution in [1.82, 2.24) is 4.98 Å². The molecule has 12 heavy (non-hydrogen) atoms. The lowest BCUT2D eigenvalue weighted by molar-refractivity contribution is 0.0997. The molecule has 1 aromatic rings. The van der Waals surface area contributed by atoms with Crippen molar-refractivity contribution in [3.05, 3.63) is 15.6 Å². The summed E-state index contributed by atoms with van der Waals surface area (Å²) in [6, 6.07) is 1.81. The molecule has 62 valence electrons. The Balaban J connectivity index is 2.91. The van der Waals surface area contributed by atoms with Crippen LogP contribution in [0.25, 0.3) is 0 Å². The molecular formula is C8H8N2OS. The van der Waals surface area contributed by atoms with Crippen LogP contribution in [0.2, 0.25) is 0 Å². The van der Waals surface area contributed by atoms with E-state index in [0.29, 0.717) is 5.01 Å². The number of ketones is 1. The van der Waals surface area contributed by atoms with Crippen LogP contribution in [0.4, 0.5) is 0 Å². The zero-order valence-electron chi connectivity index (χ0n) is 6.92. The van der Waals surface area contributed by atoms with Gasteiger partial charge in [0.05, 0.1) is 11.8 Å². The molecular weight excluding hydrogens is 172 g/mol. The van der Waals surface area contributed by atoms with Crippen molar-refractivity contribution in [1.29, 1.82) is 5.26 Å². The quantitative estimate of drug-likeness (QED) is 0.653. The topological polar surface area (TPSA) is 53.8 Å². The van der Waals surface area contributed by atoms with Crippen molar-refractivity contribution >= 4 is 17.1 Å².